The Morgan fingerprint density at radius 3 is 2.44 bits per heavy atom. The molecule has 0 bridgehead atoms. The highest BCUT2D eigenvalue weighted by molar-refractivity contribution is 6.03. The minimum Gasteiger partial charge on any atom is -0.488 e. The average Bonchev–Trinajstić information content (AvgIpc) is 3.48. The van der Waals surface area contributed by atoms with Crippen LogP contribution < -0.4 is 4.74 Å². The molecule has 1 fully saturated rings. The molecule has 1 saturated heterocycles. The third-order valence-electron chi connectivity index (χ3n) is 5.64. The van der Waals surface area contributed by atoms with Gasteiger partial charge in [0, 0.05) is 0 Å². The van der Waals surface area contributed by atoms with Crippen molar-refractivity contribution in [3.63, 3.8) is 0 Å². The number of hydrogen-bond donors (Lipinski definition) is 0. The molecule has 5 rings (SSSR count). The lowest BCUT2D eigenvalue weighted by Gasteiger charge is -2.13. The van der Waals surface area contributed by atoms with Gasteiger partial charge in [0.25, 0.3) is 0 Å². The van der Waals surface area contributed by atoms with E-state index in [0.29, 0.717) is 23.6 Å². The zero-order chi connectivity index (χ0) is 22.1. The first-order valence-electron chi connectivity index (χ1n) is 10.6. The van der Waals surface area contributed by atoms with E-state index in [9.17, 15) is 4.79 Å². The van der Waals surface area contributed by atoms with E-state index < -0.39 is 12.2 Å². The number of para-hydroxylation sites is 1. The molecule has 2 atom stereocenters. The summed E-state index contributed by atoms with van der Waals surface area (Å²) in [4.78, 5) is 14.8. The van der Waals surface area contributed by atoms with E-state index in [1.54, 1.807) is 11.0 Å². The molecule has 0 spiro atoms. The van der Waals surface area contributed by atoms with Crippen LogP contribution in [-0.4, -0.2) is 26.9 Å². The van der Waals surface area contributed by atoms with Gasteiger partial charge in [-0.1, -0.05) is 48.5 Å². The van der Waals surface area contributed by atoms with Crippen LogP contribution in [0.2, 0.25) is 0 Å². The van der Waals surface area contributed by atoms with Crippen LogP contribution in [0.25, 0.3) is 5.69 Å². The standard InChI is InChI=1S/C26H23N3O3/c1-17-13-21(23(14-18(17)2)31-16-19-9-5-3-6-10-19)24(30)26-25(32-26)22-15-27-29(28-22)20-11-7-4-8-12-20/h3-15,25-26H,16H2,1-2H3/t25-,26+/m0/s1. The molecule has 0 N–H and O–H groups in total. The molecule has 1 aromatic heterocycles. The van der Waals surface area contributed by atoms with Crippen LogP contribution in [0.3, 0.4) is 0 Å². The van der Waals surface area contributed by atoms with Crippen molar-refractivity contribution in [2.24, 2.45) is 0 Å². The minimum absolute atomic E-state index is 0.101. The number of aryl methyl sites for hydroxylation is 2. The predicted octanol–water partition coefficient (Wildman–Crippen LogP) is 4.79. The van der Waals surface area contributed by atoms with Crippen LogP contribution in [0.4, 0.5) is 0 Å². The second-order valence-corrected chi connectivity index (χ2v) is 7.94. The van der Waals surface area contributed by atoms with Gasteiger partial charge < -0.3 is 9.47 Å². The van der Waals surface area contributed by atoms with Gasteiger partial charge in [-0.15, -0.1) is 0 Å². The second kappa shape index (κ2) is 8.40. The molecule has 160 valence electrons. The van der Waals surface area contributed by atoms with E-state index in [-0.39, 0.29) is 5.78 Å². The summed E-state index contributed by atoms with van der Waals surface area (Å²) in [6, 6.07) is 23.3. The van der Waals surface area contributed by atoms with E-state index >= 15 is 0 Å². The maximum atomic E-state index is 13.3. The van der Waals surface area contributed by atoms with E-state index in [1.807, 2.05) is 86.6 Å². The van der Waals surface area contributed by atoms with Crippen molar-refractivity contribution in [3.8, 4) is 11.4 Å². The van der Waals surface area contributed by atoms with Crippen LogP contribution in [-0.2, 0) is 11.3 Å². The first-order valence-corrected chi connectivity index (χ1v) is 10.6. The number of epoxide rings is 1. The second-order valence-electron chi connectivity index (χ2n) is 7.94. The molecule has 6 nitrogen and oxygen atoms in total. The van der Waals surface area contributed by atoms with E-state index in [1.165, 1.54) is 0 Å². The molecular formula is C26H23N3O3. The van der Waals surface area contributed by atoms with Crippen LogP contribution >= 0.6 is 0 Å². The van der Waals surface area contributed by atoms with Crippen molar-refractivity contribution >= 4 is 5.78 Å². The molecule has 0 amide bonds. The third-order valence-corrected chi connectivity index (χ3v) is 5.64. The lowest BCUT2D eigenvalue weighted by molar-refractivity contribution is 0.0949. The lowest BCUT2D eigenvalue weighted by Crippen LogP contribution is -2.12. The van der Waals surface area contributed by atoms with Crippen molar-refractivity contribution in [1.29, 1.82) is 0 Å². The zero-order valence-electron chi connectivity index (χ0n) is 17.9. The van der Waals surface area contributed by atoms with Gasteiger partial charge in [-0.05, 0) is 54.8 Å². The average molecular weight is 425 g/mol. The highest BCUT2D eigenvalue weighted by Crippen LogP contribution is 2.41. The first kappa shape index (κ1) is 20.2. The van der Waals surface area contributed by atoms with Crippen LogP contribution in [0.5, 0.6) is 5.75 Å². The van der Waals surface area contributed by atoms with Gasteiger partial charge in [0.2, 0.25) is 0 Å². The number of ether oxygens (including phenoxy) is 2. The Morgan fingerprint density at radius 1 is 1.00 bits per heavy atom. The number of hydrogen-bond acceptors (Lipinski definition) is 5. The fraction of sp³-hybridized carbons (Fsp3) is 0.192. The first-order chi connectivity index (χ1) is 15.6. The summed E-state index contributed by atoms with van der Waals surface area (Å²) in [5.74, 6) is 0.472. The normalized spacial score (nSPS) is 17.2. The summed E-state index contributed by atoms with van der Waals surface area (Å²) in [6.45, 7) is 4.39. The molecule has 0 radical (unpaired) electrons. The van der Waals surface area contributed by atoms with Gasteiger partial charge in [-0.3, -0.25) is 4.79 Å². The van der Waals surface area contributed by atoms with Gasteiger partial charge in [0.1, 0.15) is 24.2 Å². The van der Waals surface area contributed by atoms with Crippen molar-refractivity contribution in [1.82, 2.24) is 15.0 Å². The fourth-order valence-electron chi connectivity index (χ4n) is 3.62. The lowest BCUT2D eigenvalue weighted by atomic mass is 9.99. The van der Waals surface area contributed by atoms with Gasteiger partial charge in [0.15, 0.2) is 11.9 Å². The molecular weight excluding hydrogens is 402 g/mol. The number of carbonyl (C=O) groups excluding carboxylic acids is 1. The van der Waals surface area contributed by atoms with Crippen LogP contribution in [0.1, 0.15) is 38.8 Å². The van der Waals surface area contributed by atoms with E-state index in [2.05, 4.69) is 10.2 Å². The number of benzene rings is 3. The van der Waals surface area contributed by atoms with Gasteiger partial charge in [-0.2, -0.15) is 15.0 Å². The van der Waals surface area contributed by atoms with Gasteiger partial charge >= 0.3 is 0 Å². The summed E-state index contributed by atoms with van der Waals surface area (Å²) >= 11 is 0. The summed E-state index contributed by atoms with van der Waals surface area (Å²) in [7, 11) is 0. The Labute approximate surface area is 186 Å². The number of aromatic nitrogens is 3. The fourth-order valence-corrected chi connectivity index (χ4v) is 3.62. The maximum Gasteiger partial charge on any atom is 0.198 e. The Bertz CT molecular complexity index is 1250. The summed E-state index contributed by atoms with van der Waals surface area (Å²) in [6.07, 6.45) is 0.665. The monoisotopic (exact) mass is 425 g/mol. The molecule has 1 aliphatic rings. The molecule has 0 aliphatic carbocycles. The number of ketones is 1. The Balaban J connectivity index is 1.35. The Kier molecular flexibility index (Phi) is 5.29. The van der Waals surface area contributed by atoms with Gasteiger partial charge in [0.05, 0.1) is 17.4 Å². The predicted molar refractivity (Wildman–Crippen MR) is 120 cm³/mol. The minimum atomic E-state index is -0.586. The van der Waals surface area contributed by atoms with E-state index in [4.69, 9.17) is 9.47 Å². The molecule has 3 aromatic carbocycles. The number of Topliss-reactive ketones (excluding diaryl/α,β-unsaturated/α-hetero) is 1. The largest absolute Gasteiger partial charge is 0.488 e. The molecule has 2 heterocycles. The van der Waals surface area contributed by atoms with Crippen molar-refractivity contribution in [2.75, 3.05) is 0 Å². The molecule has 0 unspecified atom stereocenters. The maximum absolute atomic E-state index is 13.3. The number of nitrogens with zero attached hydrogens (tertiary/aromatic N) is 3. The molecule has 6 heteroatoms. The Hall–Kier alpha value is -3.77. The smallest absolute Gasteiger partial charge is 0.198 e. The molecule has 1 aliphatic heterocycles. The summed E-state index contributed by atoms with van der Waals surface area (Å²) in [5, 5.41) is 8.81. The number of rotatable bonds is 7. The number of carbonyl (C=O) groups is 1. The van der Waals surface area contributed by atoms with Crippen molar-refractivity contribution in [2.45, 2.75) is 32.7 Å². The molecule has 4 aromatic rings. The van der Waals surface area contributed by atoms with E-state index in [0.717, 1.165) is 22.4 Å². The zero-order valence-corrected chi connectivity index (χ0v) is 17.9. The molecule has 32 heavy (non-hydrogen) atoms. The highest BCUT2D eigenvalue weighted by atomic mass is 16.6. The van der Waals surface area contributed by atoms with Crippen molar-refractivity contribution < 1.29 is 14.3 Å². The quantitative estimate of drug-likeness (QED) is 0.315. The van der Waals surface area contributed by atoms with Gasteiger partial charge in [-0.25, -0.2) is 0 Å². The summed E-state index contributed by atoms with van der Waals surface area (Å²) < 4.78 is 11.8. The summed E-state index contributed by atoms with van der Waals surface area (Å²) in [5.41, 5.74) is 5.18. The van der Waals surface area contributed by atoms with Crippen LogP contribution in [0, 0.1) is 13.8 Å². The third kappa shape index (κ3) is 4.05. The highest BCUT2D eigenvalue weighted by Gasteiger charge is 2.48. The van der Waals surface area contributed by atoms with Crippen LogP contribution in [0.15, 0.2) is 79.0 Å². The Morgan fingerprint density at radius 2 is 1.69 bits per heavy atom. The SMILES string of the molecule is Cc1cc(OCc2ccccc2)c(C(=O)[C@H]2O[C@H]2c2cnn(-c3ccccc3)n2)cc1C. The molecule has 0 saturated carbocycles. The topological polar surface area (TPSA) is 69.5 Å². The van der Waals surface area contributed by atoms with Crippen molar-refractivity contribution in [3.05, 3.63) is 107 Å².